The number of carbonyl (C=O) groups excluding carboxylic acids is 1. The Bertz CT molecular complexity index is 655. The van der Waals surface area contributed by atoms with Gasteiger partial charge in [-0.15, -0.1) is 11.8 Å². The number of aryl methyl sites for hydroxylation is 2. The molecule has 0 radical (unpaired) electrons. The van der Waals surface area contributed by atoms with Gasteiger partial charge in [0, 0.05) is 5.75 Å². The zero-order valence-corrected chi connectivity index (χ0v) is 15.4. The Hall–Kier alpha value is -1.94. The van der Waals surface area contributed by atoms with Crippen LogP contribution in [-0.4, -0.2) is 24.3 Å². The van der Waals surface area contributed by atoms with E-state index >= 15 is 0 Å². The number of ether oxygens (including phenoxy) is 1. The molecular formula is C20H25NO2S. The second-order valence-corrected chi connectivity index (χ2v) is 7.06. The van der Waals surface area contributed by atoms with Gasteiger partial charge < -0.3 is 10.1 Å². The van der Waals surface area contributed by atoms with Crippen LogP contribution in [0.5, 0.6) is 5.75 Å². The Morgan fingerprint density at radius 2 is 1.88 bits per heavy atom. The molecule has 1 N–H and O–H groups in total. The average Bonchev–Trinajstić information content (AvgIpc) is 2.54. The van der Waals surface area contributed by atoms with E-state index in [0.717, 1.165) is 11.5 Å². The minimum absolute atomic E-state index is 0.0154. The van der Waals surface area contributed by atoms with Crippen LogP contribution in [0.2, 0.25) is 0 Å². The first-order valence-corrected chi connectivity index (χ1v) is 9.30. The molecule has 3 nitrogen and oxygen atoms in total. The molecule has 2 aromatic carbocycles. The molecule has 1 atom stereocenters. The van der Waals surface area contributed by atoms with E-state index in [9.17, 15) is 4.79 Å². The van der Waals surface area contributed by atoms with Crippen molar-refractivity contribution in [3.8, 4) is 5.75 Å². The molecule has 0 fully saturated rings. The number of hydrogen-bond donors (Lipinski definition) is 1. The first-order valence-electron chi connectivity index (χ1n) is 8.15. The van der Waals surface area contributed by atoms with E-state index in [1.807, 2.05) is 38.1 Å². The second-order valence-electron chi connectivity index (χ2n) is 6.07. The Kier molecular flexibility index (Phi) is 7.19. The smallest absolute Gasteiger partial charge is 0.230 e. The van der Waals surface area contributed by atoms with Crippen molar-refractivity contribution >= 4 is 17.7 Å². The lowest BCUT2D eigenvalue weighted by atomic mass is 10.2. The van der Waals surface area contributed by atoms with Gasteiger partial charge in [-0.3, -0.25) is 4.79 Å². The second kappa shape index (κ2) is 9.38. The fraction of sp³-hybridized carbons (Fsp3) is 0.350. The lowest BCUT2D eigenvalue weighted by Gasteiger charge is -2.15. The van der Waals surface area contributed by atoms with Crippen molar-refractivity contribution in [2.45, 2.75) is 32.6 Å². The number of benzene rings is 2. The highest BCUT2D eigenvalue weighted by Crippen LogP contribution is 2.14. The van der Waals surface area contributed by atoms with Crippen LogP contribution in [-0.2, 0) is 10.5 Å². The molecule has 0 aliphatic rings. The van der Waals surface area contributed by atoms with E-state index in [-0.39, 0.29) is 11.9 Å². The molecule has 0 bridgehead atoms. The van der Waals surface area contributed by atoms with Gasteiger partial charge in [0.25, 0.3) is 0 Å². The lowest BCUT2D eigenvalue weighted by molar-refractivity contribution is -0.119. The molecule has 0 aliphatic heterocycles. The Morgan fingerprint density at radius 3 is 2.58 bits per heavy atom. The number of amides is 1. The monoisotopic (exact) mass is 343 g/mol. The number of thioether (sulfide) groups is 1. The minimum Gasteiger partial charge on any atom is -0.491 e. The Morgan fingerprint density at radius 1 is 1.12 bits per heavy atom. The van der Waals surface area contributed by atoms with E-state index in [2.05, 4.69) is 36.5 Å². The first-order chi connectivity index (χ1) is 11.5. The van der Waals surface area contributed by atoms with Gasteiger partial charge in [-0.1, -0.05) is 47.5 Å². The van der Waals surface area contributed by atoms with E-state index < -0.39 is 0 Å². The molecule has 1 unspecified atom stereocenters. The summed E-state index contributed by atoms with van der Waals surface area (Å²) in [5.41, 5.74) is 3.71. The Labute approximate surface area is 148 Å². The number of nitrogens with one attached hydrogen (secondary N) is 1. The summed E-state index contributed by atoms with van der Waals surface area (Å²) >= 11 is 1.63. The summed E-state index contributed by atoms with van der Waals surface area (Å²) < 4.78 is 5.69. The quantitative estimate of drug-likeness (QED) is 0.783. The summed E-state index contributed by atoms with van der Waals surface area (Å²) in [6, 6.07) is 16.3. The van der Waals surface area contributed by atoms with Gasteiger partial charge in [-0.25, -0.2) is 0 Å². The third-order valence-electron chi connectivity index (χ3n) is 3.51. The van der Waals surface area contributed by atoms with Crippen LogP contribution in [0, 0.1) is 13.8 Å². The molecule has 2 aromatic rings. The van der Waals surface area contributed by atoms with E-state index in [0.29, 0.717) is 12.4 Å². The summed E-state index contributed by atoms with van der Waals surface area (Å²) in [4.78, 5) is 12.0. The summed E-state index contributed by atoms with van der Waals surface area (Å²) in [5, 5.41) is 2.97. The van der Waals surface area contributed by atoms with Crippen molar-refractivity contribution in [2.75, 3.05) is 12.4 Å². The van der Waals surface area contributed by atoms with Crippen molar-refractivity contribution in [3.63, 3.8) is 0 Å². The topological polar surface area (TPSA) is 38.3 Å². The van der Waals surface area contributed by atoms with Gasteiger partial charge in [0.2, 0.25) is 5.91 Å². The van der Waals surface area contributed by atoms with Crippen LogP contribution in [0.4, 0.5) is 0 Å². The number of carbonyl (C=O) groups is 1. The molecule has 128 valence electrons. The zero-order valence-electron chi connectivity index (χ0n) is 14.5. The fourth-order valence-electron chi connectivity index (χ4n) is 2.28. The maximum Gasteiger partial charge on any atom is 0.230 e. The largest absolute Gasteiger partial charge is 0.491 e. The molecule has 24 heavy (non-hydrogen) atoms. The van der Waals surface area contributed by atoms with Gasteiger partial charge in [0.1, 0.15) is 12.4 Å². The molecule has 0 heterocycles. The minimum atomic E-state index is -0.0154. The molecule has 0 aliphatic carbocycles. The van der Waals surface area contributed by atoms with Crippen molar-refractivity contribution in [3.05, 3.63) is 65.2 Å². The molecule has 4 heteroatoms. The lowest BCUT2D eigenvalue weighted by Crippen LogP contribution is -2.37. The van der Waals surface area contributed by atoms with Crippen LogP contribution in [0.25, 0.3) is 0 Å². The third-order valence-corrected chi connectivity index (χ3v) is 4.52. The van der Waals surface area contributed by atoms with Crippen molar-refractivity contribution < 1.29 is 9.53 Å². The van der Waals surface area contributed by atoms with Crippen LogP contribution in [0.1, 0.15) is 23.6 Å². The van der Waals surface area contributed by atoms with E-state index in [4.69, 9.17) is 4.74 Å². The maximum absolute atomic E-state index is 12.0. The van der Waals surface area contributed by atoms with Gasteiger partial charge in [0.05, 0.1) is 11.8 Å². The normalized spacial score (nSPS) is 11.8. The highest BCUT2D eigenvalue weighted by atomic mass is 32.2. The molecule has 0 saturated carbocycles. The van der Waals surface area contributed by atoms with Crippen molar-refractivity contribution in [1.82, 2.24) is 5.32 Å². The van der Waals surface area contributed by atoms with Gasteiger partial charge >= 0.3 is 0 Å². The zero-order chi connectivity index (χ0) is 17.4. The predicted molar refractivity (Wildman–Crippen MR) is 102 cm³/mol. The number of hydrogen-bond acceptors (Lipinski definition) is 3. The molecule has 1 amide bonds. The third kappa shape index (κ3) is 6.67. The first kappa shape index (κ1) is 18.4. The van der Waals surface area contributed by atoms with Crippen LogP contribution < -0.4 is 10.1 Å². The summed E-state index contributed by atoms with van der Waals surface area (Å²) in [5.74, 6) is 2.19. The van der Waals surface area contributed by atoms with E-state index in [1.165, 1.54) is 16.7 Å². The molecule has 0 aromatic heterocycles. The van der Waals surface area contributed by atoms with Crippen molar-refractivity contribution in [1.29, 1.82) is 0 Å². The van der Waals surface area contributed by atoms with Crippen LogP contribution >= 0.6 is 11.8 Å². The molecule has 2 rings (SSSR count). The average molecular weight is 343 g/mol. The predicted octanol–water partition coefficient (Wildman–Crippen LogP) is 4.12. The maximum atomic E-state index is 12.0. The highest BCUT2D eigenvalue weighted by Gasteiger charge is 2.08. The van der Waals surface area contributed by atoms with Gasteiger partial charge in [-0.05, 0) is 38.5 Å². The van der Waals surface area contributed by atoms with Gasteiger partial charge in [0.15, 0.2) is 0 Å². The number of rotatable bonds is 8. The Balaban J connectivity index is 1.65. The van der Waals surface area contributed by atoms with E-state index in [1.54, 1.807) is 11.8 Å². The molecule has 0 spiro atoms. The molecular weight excluding hydrogens is 318 g/mol. The summed E-state index contributed by atoms with van der Waals surface area (Å²) in [6.07, 6.45) is 0. The summed E-state index contributed by atoms with van der Waals surface area (Å²) in [6.45, 7) is 6.55. The fourth-order valence-corrected chi connectivity index (χ4v) is 3.06. The van der Waals surface area contributed by atoms with Crippen LogP contribution in [0.3, 0.4) is 0 Å². The highest BCUT2D eigenvalue weighted by molar-refractivity contribution is 7.99. The molecule has 0 saturated heterocycles. The standard InChI is InChI=1S/C20H25NO2S/c1-15-7-9-19(10-8-15)23-12-17(3)21-20(22)14-24-13-18-6-4-5-16(2)11-18/h4-11,17H,12-14H2,1-3H3,(H,21,22). The van der Waals surface area contributed by atoms with Crippen LogP contribution in [0.15, 0.2) is 48.5 Å². The summed E-state index contributed by atoms with van der Waals surface area (Å²) in [7, 11) is 0. The van der Waals surface area contributed by atoms with Gasteiger partial charge in [-0.2, -0.15) is 0 Å². The van der Waals surface area contributed by atoms with Crippen molar-refractivity contribution in [2.24, 2.45) is 0 Å². The SMILES string of the molecule is Cc1ccc(OCC(C)NC(=O)CSCc2cccc(C)c2)cc1.